The minimum absolute atomic E-state index is 0. The van der Waals surface area contributed by atoms with Crippen LogP contribution in [0.15, 0.2) is 18.2 Å². The Morgan fingerprint density at radius 2 is 2.29 bits per heavy atom. The van der Waals surface area contributed by atoms with Crippen LogP contribution in [0.2, 0.25) is 0 Å². The van der Waals surface area contributed by atoms with Gasteiger partial charge in [0, 0.05) is 6.42 Å². The summed E-state index contributed by atoms with van der Waals surface area (Å²) in [5, 5.41) is 12.2. The van der Waals surface area contributed by atoms with E-state index in [2.05, 4.69) is 5.32 Å². The standard InChI is InChI=1S/C11H13NO4.ClH/c1-15-10-6-7(2-3-9(10)13)8-4-5-16-11(14)12-8;/h2-3,6,8,13H,4-5H2,1H3,(H,12,14);1H/t8-;/m0./s1. The van der Waals surface area contributed by atoms with Gasteiger partial charge in [0.1, 0.15) is 0 Å². The lowest BCUT2D eigenvalue weighted by Crippen LogP contribution is -2.35. The highest BCUT2D eigenvalue weighted by atomic mass is 35.5. The molecule has 2 N–H and O–H groups in total. The van der Waals surface area contributed by atoms with Crippen molar-refractivity contribution in [1.82, 2.24) is 5.32 Å². The molecule has 17 heavy (non-hydrogen) atoms. The van der Waals surface area contributed by atoms with Gasteiger partial charge in [-0.05, 0) is 17.7 Å². The highest BCUT2D eigenvalue weighted by Crippen LogP contribution is 2.30. The molecule has 0 bridgehead atoms. The van der Waals surface area contributed by atoms with Gasteiger partial charge >= 0.3 is 6.09 Å². The minimum atomic E-state index is -0.414. The van der Waals surface area contributed by atoms with E-state index in [-0.39, 0.29) is 24.2 Å². The SMILES string of the molecule is COc1cc([C@@H]2CCOC(=O)N2)ccc1O.Cl. The molecule has 94 valence electrons. The maximum atomic E-state index is 11.1. The van der Waals surface area contributed by atoms with Gasteiger partial charge in [-0.1, -0.05) is 6.07 Å². The van der Waals surface area contributed by atoms with Crippen LogP contribution in [0.4, 0.5) is 4.79 Å². The molecule has 1 fully saturated rings. The highest BCUT2D eigenvalue weighted by molar-refractivity contribution is 5.85. The van der Waals surface area contributed by atoms with Crippen LogP contribution in [0.1, 0.15) is 18.0 Å². The summed E-state index contributed by atoms with van der Waals surface area (Å²) in [6.07, 6.45) is 0.294. The van der Waals surface area contributed by atoms with Gasteiger partial charge in [-0.15, -0.1) is 12.4 Å². The van der Waals surface area contributed by atoms with Crippen molar-refractivity contribution in [2.24, 2.45) is 0 Å². The van der Waals surface area contributed by atoms with E-state index in [4.69, 9.17) is 9.47 Å². The van der Waals surface area contributed by atoms with Gasteiger partial charge in [0.2, 0.25) is 0 Å². The van der Waals surface area contributed by atoms with Crippen molar-refractivity contribution in [3.63, 3.8) is 0 Å². The first-order valence-electron chi connectivity index (χ1n) is 5.01. The molecule has 1 aliphatic heterocycles. The fraction of sp³-hybridized carbons (Fsp3) is 0.364. The monoisotopic (exact) mass is 259 g/mol. The second-order valence-corrected chi connectivity index (χ2v) is 3.55. The molecule has 5 nitrogen and oxygen atoms in total. The third-order valence-corrected chi connectivity index (χ3v) is 2.54. The van der Waals surface area contributed by atoms with Gasteiger partial charge in [-0.3, -0.25) is 0 Å². The number of benzene rings is 1. The van der Waals surface area contributed by atoms with Crippen LogP contribution in [0.3, 0.4) is 0 Å². The Bertz CT molecular complexity index is 410. The van der Waals surface area contributed by atoms with Gasteiger partial charge < -0.3 is 19.9 Å². The van der Waals surface area contributed by atoms with Crippen molar-refractivity contribution >= 4 is 18.5 Å². The van der Waals surface area contributed by atoms with Crippen molar-refractivity contribution in [2.75, 3.05) is 13.7 Å². The highest BCUT2D eigenvalue weighted by Gasteiger charge is 2.21. The van der Waals surface area contributed by atoms with Crippen LogP contribution in [0, 0.1) is 0 Å². The molecule has 1 amide bonds. The second-order valence-electron chi connectivity index (χ2n) is 3.55. The van der Waals surface area contributed by atoms with Crippen LogP contribution in [0.5, 0.6) is 11.5 Å². The molecule has 1 saturated heterocycles. The molecule has 0 spiro atoms. The molecule has 0 aromatic heterocycles. The van der Waals surface area contributed by atoms with E-state index in [0.717, 1.165) is 5.56 Å². The van der Waals surface area contributed by atoms with E-state index in [9.17, 15) is 9.90 Å². The molecule has 0 unspecified atom stereocenters. The summed E-state index contributed by atoms with van der Waals surface area (Å²) in [6.45, 7) is 0.402. The van der Waals surface area contributed by atoms with Crippen LogP contribution in [0.25, 0.3) is 0 Å². The third-order valence-electron chi connectivity index (χ3n) is 2.54. The summed E-state index contributed by atoms with van der Waals surface area (Å²) in [5.74, 6) is 0.489. The number of cyclic esters (lactones) is 1. The number of ether oxygens (including phenoxy) is 2. The zero-order valence-corrected chi connectivity index (χ0v) is 10.1. The predicted molar refractivity (Wildman–Crippen MR) is 63.7 cm³/mol. The lowest BCUT2D eigenvalue weighted by molar-refractivity contribution is 0.115. The lowest BCUT2D eigenvalue weighted by atomic mass is 10.0. The Morgan fingerprint density at radius 3 is 2.94 bits per heavy atom. The van der Waals surface area contributed by atoms with Gasteiger partial charge in [0.15, 0.2) is 11.5 Å². The Labute approximate surface area is 105 Å². The Kier molecular flexibility index (Phi) is 4.45. The lowest BCUT2D eigenvalue weighted by Gasteiger charge is -2.24. The molecule has 1 aromatic rings. The molecular formula is C11H14ClNO4. The average Bonchev–Trinajstić information content (AvgIpc) is 2.29. The summed E-state index contributed by atoms with van der Waals surface area (Å²) in [5.41, 5.74) is 0.895. The van der Waals surface area contributed by atoms with Gasteiger partial charge in [-0.2, -0.15) is 0 Å². The third kappa shape index (κ3) is 2.94. The van der Waals surface area contributed by atoms with Crippen LogP contribution >= 0.6 is 12.4 Å². The number of hydrogen-bond acceptors (Lipinski definition) is 4. The fourth-order valence-electron chi connectivity index (χ4n) is 1.69. The predicted octanol–water partition coefficient (Wildman–Crippen LogP) is 1.99. The van der Waals surface area contributed by atoms with Crippen molar-refractivity contribution < 1.29 is 19.4 Å². The first-order valence-corrected chi connectivity index (χ1v) is 5.01. The van der Waals surface area contributed by atoms with Crippen LogP contribution in [-0.4, -0.2) is 24.9 Å². The van der Waals surface area contributed by atoms with E-state index in [0.29, 0.717) is 18.8 Å². The van der Waals surface area contributed by atoms with E-state index >= 15 is 0 Å². The molecule has 0 saturated carbocycles. The molecule has 1 aromatic carbocycles. The molecular weight excluding hydrogens is 246 g/mol. The smallest absolute Gasteiger partial charge is 0.407 e. The molecule has 0 radical (unpaired) electrons. The van der Waals surface area contributed by atoms with Crippen molar-refractivity contribution in [3.05, 3.63) is 23.8 Å². The van der Waals surface area contributed by atoms with Crippen LogP contribution in [-0.2, 0) is 4.74 Å². The van der Waals surface area contributed by atoms with Gasteiger partial charge in [0.25, 0.3) is 0 Å². The number of nitrogens with one attached hydrogen (secondary N) is 1. The Balaban J connectivity index is 0.00000144. The van der Waals surface area contributed by atoms with E-state index < -0.39 is 6.09 Å². The first-order chi connectivity index (χ1) is 7.70. The molecule has 1 aliphatic rings. The molecule has 1 heterocycles. The number of carbonyl (C=O) groups excluding carboxylic acids is 1. The topological polar surface area (TPSA) is 67.8 Å². The maximum Gasteiger partial charge on any atom is 0.407 e. The Hall–Kier alpha value is -1.62. The number of carbonyl (C=O) groups is 1. The second kappa shape index (κ2) is 5.63. The van der Waals surface area contributed by atoms with Crippen molar-refractivity contribution in [1.29, 1.82) is 0 Å². The number of aromatic hydroxyl groups is 1. The average molecular weight is 260 g/mol. The summed E-state index contributed by atoms with van der Waals surface area (Å²) in [6, 6.07) is 4.94. The van der Waals surface area contributed by atoms with E-state index in [1.54, 1.807) is 18.2 Å². The first kappa shape index (κ1) is 13.4. The maximum absolute atomic E-state index is 11.1. The molecule has 6 heteroatoms. The number of alkyl carbamates (subject to hydrolysis) is 1. The summed E-state index contributed by atoms with van der Waals surface area (Å²) in [4.78, 5) is 11.1. The number of halogens is 1. The van der Waals surface area contributed by atoms with E-state index in [1.807, 2.05) is 0 Å². The number of methoxy groups -OCH3 is 1. The fourth-order valence-corrected chi connectivity index (χ4v) is 1.69. The number of phenols is 1. The summed E-state index contributed by atoms with van der Waals surface area (Å²) >= 11 is 0. The number of rotatable bonds is 2. The molecule has 1 atom stereocenters. The number of phenolic OH excluding ortho intramolecular Hbond substituents is 1. The number of amides is 1. The van der Waals surface area contributed by atoms with Crippen molar-refractivity contribution in [2.45, 2.75) is 12.5 Å². The minimum Gasteiger partial charge on any atom is -0.504 e. The largest absolute Gasteiger partial charge is 0.504 e. The van der Waals surface area contributed by atoms with E-state index in [1.165, 1.54) is 7.11 Å². The van der Waals surface area contributed by atoms with Gasteiger partial charge in [0.05, 0.1) is 19.8 Å². The quantitative estimate of drug-likeness (QED) is 0.852. The summed E-state index contributed by atoms with van der Waals surface area (Å²) < 4.78 is 9.79. The zero-order valence-electron chi connectivity index (χ0n) is 9.30. The number of hydrogen-bond donors (Lipinski definition) is 2. The Morgan fingerprint density at radius 1 is 1.53 bits per heavy atom. The van der Waals surface area contributed by atoms with Gasteiger partial charge in [-0.25, -0.2) is 4.79 Å². The molecule has 2 rings (SSSR count). The van der Waals surface area contributed by atoms with Crippen molar-refractivity contribution in [3.8, 4) is 11.5 Å². The van der Waals surface area contributed by atoms with Crippen LogP contribution < -0.4 is 10.1 Å². The molecule has 0 aliphatic carbocycles. The summed E-state index contributed by atoms with van der Waals surface area (Å²) in [7, 11) is 1.49. The zero-order chi connectivity index (χ0) is 11.5. The normalized spacial score (nSPS) is 18.6.